The topological polar surface area (TPSA) is 96.5 Å². The Morgan fingerprint density at radius 3 is 2.48 bits per heavy atom. The summed E-state index contributed by atoms with van der Waals surface area (Å²) in [4.78, 5) is 11.9. The van der Waals surface area contributed by atoms with Gasteiger partial charge in [0, 0.05) is 12.2 Å². The van der Waals surface area contributed by atoms with Gasteiger partial charge in [0.2, 0.25) is 10.0 Å². The molecule has 0 spiro atoms. The Hall–Kier alpha value is -2.95. The van der Waals surface area contributed by atoms with E-state index in [1.54, 1.807) is 12.1 Å². The molecule has 27 heavy (non-hydrogen) atoms. The molecule has 0 saturated carbocycles. The first-order chi connectivity index (χ1) is 12.5. The summed E-state index contributed by atoms with van der Waals surface area (Å²) in [6.07, 6.45) is -3.88. The maximum Gasteiger partial charge on any atom is 0.573 e. The Morgan fingerprint density at radius 2 is 1.81 bits per heavy atom. The molecule has 146 valence electrons. The van der Waals surface area contributed by atoms with Gasteiger partial charge in [-0.05, 0) is 29.8 Å². The number of urea groups is 1. The Morgan fingerprint density at radius 1 is 1.11 bits per heavy atom. The molecule has 11 heteroatoms. The molecule has 2 rings (SSSR count). The molecular formula is C16H16F3N3O4S. The van der Waals surface area contributed by atoms with Crippen LogP contribution < -0.4 is 20.1 Å². The highest BCUT2D eigenvalue weighted by molar-refractivity contribution is 7.92. The number of nitrogens with one attached hydrogen (secondary N) is 3. The smallest absolute Gasteiger partial charge is 0.404 e. The SMILES string of the molecule is CS(=O)(=O)Nc1cccc(CNC(=O)Nc2ccccc2OC(F)(F)F)c1. The minimum absolute atomic E-state index is 0.0212. The third-order valence-electron chi connectivity index (χ3n) is 3.04. The van der Waals surface area contributed by atoms with Crippen molar-refractivity contribution >= 4 is 27.4 Å². The van der Waals surface area contributed by atoms with Gasteiger partial charge in [-0.1, -0.05) is 24.3 Å². The van der Waals surface area contributed by atoms with Gasteiger partial charge in [-0.25, -0.2) is 13.2 Å². The van der Waals surface area contributed by atoms with Crippen LogP contribution in [0.15, 0.2) is 48.5 Å². The molecule has 7 nitrogen and oxygen atoms in total. The summed E-state index contributed by atoms with van der Waals surface area (Å²) >= 11 is 0. The van der Waals surface area contributed by atoms with Crippen LogP contribution in [0.3, 0.4) is 0 Å². The van der Waals surface area contributed by atoms with E-state index in [0.717, 1.165) is 12.3 Å². The number of rotatable bonds is 6. The maximum atomic E-state index is 12.4. The van der Waals surface area contributed by atoms with E-state index in [9.17, 15) is 26.4 Å². The highest BCUT2D eigenvalue weighted by atomic mass is 32.2. The lowest BCUT2D eigenvalue weighted by atomic mass is 10.2. The van der Waals surface area contributed by atoms with Crippen LogP contribution in [0.2, 0.25) is 0 Å². The molecule has 0 bridgehead atoms. The van der Waals surface area contributed by atoms with Crippen molar-refractivity contribution in [3.05, 3.63) is 54.1 Å². The Labute approximate surface area is 153 Å². The largest absolute Gasteiger partial charge is 0.573 e. The number of alkyl halides is 3. The lowest BCUT2D eigenvalue weighted by Crippen LogP contribution is -2.29. The molecule has 2 aromatic rings. The maximum absolute atomic E-state index is 12.4. The molecule has 0 radical (unpaired) electrons. The van der Waals surface area contributed by atoms with Crippen LogP contribution in [0.25, 0.3) is 0 Å². The zero-order valence-electron chi connectivity index (χ0n) is 14.0. The standard InChI is InChI=1S/C16H16F3N3O4S/c1-27(24,25)22-12-6-4-5-11(9-12)10-20-15(23)21-13-7-2-3-8-14(13)26-16(17,18)19/h2-9,22H,10H2,1H3,(H2,20,21,23). The van der Waals surface area contributed by atoms with Crippen molar-refractivity contribution in [1.82, 2.24) is 5.32 Å². The second-order valence-electron chi connectivity index (χ2n) is 5.43. The van der Waals surface area contributed by atoms with Crippen molar-refractivity contribution in [2.75, 3.05) is 16.3 Å². The summed E-state index contributed by atoms with van der Waals surface area (Å²) in [6, 6.07) is 10.7. The summed E-state index contributed by atoms with van der Waals surface area (Å²) in [5, 5.41) is 4.73. The van der Waals surface area contributed by atoms with Gasteiger partial charge in [-0.3, -0.25) is 4.72 Å². The number of carbonyl (C=O) groups excluding carboxylic acids is 1. The number of halogens is 3. The summed E-state index contributed by atoms with van der Waals surface area (Å²) in [6.45, 7) is 0.0212. The summed E-state index contributed by atoms with van der Waals surface area (Å²) in [5.41, 5.74) is 0.750. The van der Waals surface area contributed by atoms with Gasteiger partial charge >= 0.3 is 12.4 Å². The van der Waals surface area contributed by atoms with Crippen LogP contribution in [-0.2, 0) is 16.6 Å². The number of amides is 2. The molecule has 0 saturated heterocycles. The first-order valence-corrected chi connectivity index (χ1v) is 9.37. The number of hydrogen-bond donors (Lipinski definition) is 3. The van der Waals surface area contributed by atoms with Gasteiger partial charge < -0.3 is 15.4 Å². The van der Waals surface area contributed by atoms with Crippen molar-refractivity contribution in [2.24, 2.45) is 0 Å². The van der Waals surface area contributed by atoms with Gasteiger partial charge in [-0.2, -0.15) is 0 Å². The predicted octanol–water partition coefficient (Wildman–Crippen LogP) is 3.28. The lowest BCUT2D eigenvalue weighted by Gasteiger charge is -2.14. The molecule has 0 aromatic heterocycles. The molecule has 0 aliphatic heterocycles. The highest BCUT2D eigenvalue weighted by Crippen LogP contribution is 2.29. The Kier molecular flexibility index (Phi) is 6.16. The number of benzene rings is 2. The minimum Gasteiger partial charge on any atom is -0.404 e. The van der Waals surface area contributed by atoms with E-state index >= 15 is 0 Å². The normalized spacial score (nSPS) is 11.6. The monoisotopic (exact) mass is 403 g/mol. The van der Waals surface area contributed by atoms with Crippen molar-refractivity contribution in [3.8, 4) is 5.75 Å². The molecule has 0 aliphatic carbocycles. The van der Waals surface area contributed by atoms with Gasteiger partial charge in [0.25, 0.3) is 0 Å². The van der Waals surface area contributed by atoms with E-state index in [1.165, 1.54) is 30.3 Å². The van der Waals surface area contributed by atoms with Gasteiger partial charge in [0.1, 0.15) is 0 Å². The molecule has 2 amide bonds. The van der Waals surface area contributed by atoms with E-state index < -0.39 is 28.2 Å². The van der Waals surface area contributed by atoms with E-state index in [-0.39, 0.29) is 12.2 Å². The predicted molar refractivity (Wildman–Crippen MR) is 93.9 cm³/mol. The highest BCUT2D eigenvalue weighted by Gasteiger charge is 2.32. The second-order valence-corrected chi connectivity index (χ2v) is 7.17. The van der Waals surface area contributed by atoms with E-state index in [1.807, 2.05) is 0 Å². The van der Waals surface area contributed by atoms with Crippen molar-refractivity contribution in [3.63, 3.8) is 0 Å². The molecular weight excluding hydrogens is 387 g/mol. The molecule has 0 fully saturated rings. The summed E-state index contributed by atoms with van der Waals surface area (Å²) in [5.74, 6) is -0.542. The summed E-state index contributed by atoms with van der Waals surface area (Å²) < 4.78 is 65.8. The van der Waals surface area contributed by atoms with Gasteiger partial charge in [-0.15, -0.1) is 13.2 Å². The number of carbonyl (C=O) groups is 1. The summed E-state index contributed by atoms with van der Waals surface area (Å²) in [7, 11) is -3.44. The quantitative estimate of drug-likeness (QED) is 0.690. The minimum atomic E-state index is -4.89. The molecule has 0 heterocycles. The fraction of sp³-hybridized carbons (Fsp3) is 0.188. The second kappa shape index (κ2) is 8.16. The fourth-order valence-corrected chi connectivity index (χ4v) is 2.65. The zero-order valence-corrected chi connectivity index (χ0v) is 14.8. The van der Waals surface area contributed by atoms with E-state index in [0.29, 0.717) is 11.3 Å². The molecule has 0 atom stereocenters. The third-order valence-corrected chi connectivity index (χ3v) is 3.65. The zero-order chi connectivity index (χ0) is 20.1. The lowest BCUT2D eigenvalue weighted by molar-refractivity contribution is -0.274. The third kappa shape index (κ3) is 7.44. The van der Waals surface area contributed by atoms with Crippen molar-refractivity contribution in [1.29, 1.82) is 0 Å². The number of para-hydroxylation sites is 2. The molecule has 0 unspecified atom stereocenters. The van der Waals surface area contributed by atoms with Gasteiger partial charge in [0.15, 0.2) is 5.75 Å². The van der Waals surface area contributed by atoms with Crippen LogP contribution >= 0.6 is 0 Å². The fourth-order valence-electron chi connectivity index (χ4n) is 2.09. The molecule has 3 N–H and O–H groups in total. The van der Waals surface area contributed by atoms with Crippen molar-refractivity contribution in [2.45, 2.75) is 12.9 Å². The first kappa shape index (κ1) is 20.4. The van der Waals surface area contributed by atoms with E-state index in [2.05, 4.69) is 20.1 Å². The van der Waals surface area contributed by atoms with Crippen LogP contribution in [0, 0.1) is 0 Å². The number of sulfonamides is 1. The van der Waals surface area contributed by atoms with Crippen LogP contribution in [0.5, 0.6) is 5.75 Å². The van der Waals surface area contributed by atoms with Crippen molar-refractivity contribution < 1.29 is 31.1 Å². The van der Waals surface area contributed by atoms with Crippen LogP contribution in [0.1, 0.15) is 5.56 Å². The van der Waals surface area contributed by atoms with Crippen LogP contribution in [0.4, 0.5) is 29.3 Å². The average molecular weight is 403 g/mol. The average Bonchev–Trinajstić information content (AvgIpc) is 2.52. The van der Waals surface area contributed by atoms with Gasteiger partial charge in [0.05, 0.1) is 11.9 Å². The molecule has 0 aliphatic rings. The number of hydrogen-bond acceptors (Lipinski definition) is 4. The number of ether oxygens (including phenoxy) is 1. The van der Waals surface area contributed by atoms with E-state index in [4.69, 9.17) is 0 Å². The Bertz CT molecular complexity index is 917. The van der Waals surface area contributed by atoms with Crippen LogP contribution in [-0.4, -0.2) is 27.1 Å². The Balaban J connectivity index is 1.99. The molecule has 2 aromatic carbocycles. The number of anilines is 2. The first-order valence-electron chi connectivity index (χ1n) is 7.48.